The van der Waals surface area contributed by atoms with Crippen LogP contribution in [0, 0.1) is 11.8 Å². The molecule has 1 aromatic heterocycles. The van der Waals surface area contributed by atoms with Gasteiger partial charge in [-0.15, -0.1) is 11.3 Å². The van der Waals surface area contributed by atoms with E-state index in [2.05, 4.69) is 217 Å². The van der Waals surface area contributed by atoms with E-state index in [0.29, 0.717) is 0 Å². The molecule has 2 heteroatoms. The standard InChI is InChI=1S/C61H45NS/c1-2-14-42(15-3-1)47-16-4-5-17-48(47)49-18-6-7-19-50(49)53-21-9-12-24-58(53)62(46-33-35-60-55(38-46)54-22-10-13-25-59(54)63-60)45-31-27-41(28-32-45)43-29-34-52-51-20-8-11-23-56(51)61(57(52)37-43)39-40-26-30-44(61)36-40/h1-25,27-29,31-35,37-38,40,44H,26,30,36,39H2. The average molecular weight is 824 g/mol. The van der Waals surface area contributed by atoms with Crippen LogP contribution in [0.2, 0.25) is 0 Å². The van der Waals surface area contributed by atoms with E-state index in [9.17, 15) is 0 Å². The first-order valence-electron chi connectivity index (χ1n) is 22.6. The molecule has 3 aliphatic carbocycles. The molecular weight excluding hydrogens is 779 g/mol. The number of thiophene rings is 1. The molecule has 9 aromatic carbocycles. The van der Waals surface area contributed by atoms with Gasteiger partial charge in [0.15, 0.2) is 0 Å². The molecule has 10 aromatic rings. The first-order valence-corrected chi connectivity index (χ1v) is 23.4. The largest absolute Gasteiger partial charge is 0.310 e. The fourth-order valence-corrected chi connectivity index (χ4v) is 13.2. The molecule has 0 radical (unpaired) electrons. The van der Waals surface area contributed by atoms with Crippen molar-refractivity contribution in [3.05, 3.63) is 223 Å². The molecule has 1 spiro atoms. The summed E-state index contributed by atoms with van der Waals surface area (Å²) in [6.45, 7) is 0. The van der Waals surface area contributed by atoms with Crippen LogP contribution >= 0.6 is 11.3 Å². The molecule has 2 saturated carbocycles. The Bertz CT molecular complexity index is 3380. The van der Waals surface area contributed by atoms with Gasteiger partial charge in [0, 0.05) is 42.5 Å². The fourth-order valence-electron chi connectivity index (χ4n) is 12.1. The molecular formula is C61H45NS. The zero-order valence-electron chi connectivity index (χ0n) is 35.0. The van der Waals surface area contributed by atoms with Gasteiger partial charge in [0.25, 0.3) is 0 Å². The predicted molar refractivity (Wildman–Crippen MR) is 267 cm³/mol. The minimum Gasteiger partial charge on any atom is -0.310 e. The van der Waals surface area contributed by atoms with Crippen molar-refractivity contribution >= 4 is 48.6 Å². The van der Waals surface area contributed by atoms with Crippen LogP contribution in [-0.4, -0.2) is 0 Å². The Labute approximate surface area is 373 Å². The summed E-state index contributed by atoms with van der Waals surface area (Å²) < 4.78 is 2.62. The highest BCUT2D eigenvalue weighted by molar-refractivity contribution is 7.25. The Balaban J connectivity index is 0.959. The Kier molecular flexibility index (Phi) is 8.46. The minimum atomic E-state index is 0.160. The summed E-state index contributed by atoms with van der Waals surface area (Å²) in [7, 11) is 0. The fraction of sp³-hybridized carbons (Fsp3) is 0.115. The lowest BCUT2D eigenvalue weighted by Gasteiger charge is -2.36. The van der Waals surface area contributed by atoms with Crippen molar-refractivity contribution in [1.29, 1.82) is 0 Å². The van der Waals surface area contributed by atoms with Gasteiger partial charge in [-0.05, 0) is 141 Å². The van der Waals surface area contributed by atoms with E-state index in [4.69, 9.17) is 0 Å². The Morgan fingerprint density at radius 2 is 1.00 bits per heavy atom. The molecule has 2 bridgehead atoms. The van der Waals surface area contributed by atoms with Gasteiger partial charge in [-0.2, -0.15) is 0 Å². The van der Waals surface area contributed by atoms with Gasteiger partial charge in [-0.25, -0.2) is 0 Å². The number of anilines is 3. The third-order valence-electron chi connectivity index (χ3n) is 14.8. The molecule has 0 amide bonds. The minimum absolute atomic E-state index is 0.160. The van der Waals surface area contributed by atoms with Gasteiger partial charge in [-0.3, -0.25) is 0 Å². The number of para-hydroxylation sites is 1. The molecule has 2 fully saturated rings. The van der Waals surface area contributed by atoms with Crippen molar-refractivity contribution in [1.82, 2.24) is 0 Å². The van der Waals surface area contributed by atoms with Crippen molar-refractivity contribution in [2.75, 3.05) is 4.90 Å². The summed E-state index contributed by atoms with van der Waals surface area (Å²) in [6.07, 6.45) is 5.42. The predicted octanol–water partition coefficient (Wildman–Crippen LogP) is 17.3. The third-order valence-corrected chi connectivity index (χ3v) is 15.9. The van der Waals surface area contributed by atoms with E-state index >= 15 is 0 Å². The number of hydrogen-bond donors (Lipinski definition) is 0. The monoisotopic (exact) mass is 823 g/mol. The lowest BCUT2D eigenvalue weighted by atomic mass is 9.66. The van der Waals surface area contributed by atoms with Crippen LogP contribution in [0.15, 0.2) is 212 Å². The molecule has 13 rings (SSSR count). The molecule has 1 nitrogen and oxygen atoms in total. The quantitative estimate of drug-likeness (QED) is 0.155. The molecule has 63 heavy (non-hydrogen) atoms. The third kappa shape index (κ3) is 5.74. The van der Waals surface area contributed by atoms with Crippen molar-refractivity contribution in [2.24, 2.45) is 11.8 Å². The van der Waals surface area contributed by atoms with Crippen molar-refractivity contribution < 1.29 is 0 Å². The van der Waals surface area contributed by atoms with Crippen molar-refractivity contribution in [2.45, 2.75) is 31.1 Å². The summed E-state index contributed by atoms with van der Waals surface area (Å²) in [5.41, 5.74) is 19.4. The van der Waals surface area contributed by atoms with Gasteiger partial charge >= 0.3 is 0 Å². The number of hydrogen-bond acceptors (Lipinski definition) is 2. The van der Waals surface area contributed by atoms with Crippen LogP contribution in [-0.2, 0) is 5.41 Å². The van der Waals surface area contributed by atoms with Crippen molar-refractivity contribution in [3.8, 4) is 55.6 Å². The second-order valence-corrected chi connectivity index (χ2v) is 19.1. The van der Waals surface area contributed by atoms with E-state index in [-0.39, 0.29) is 5.41 Å². The van der Waals surface area contributed by atoms with Crippen LogP contribution in [0.5, 0.6) is 0 Å². The summed E-state index contributed by atoms with van der Waals surface area (Å²) in [5.74, 6) is 1.59. The highest BCUT2D eigenvalue weighted by Crippen LogP contribution is 2.66. The molecule has 0 aliphatic heterocycles. The van der Waals surface area contributed by atoms with E-state index in [1.54, 1.807) is 11.1 Å². The molecule has 1 heterocycles. The van der Waals surface area contributed by atoms with Gasteiger partial charge in [0.05, 0.1) is 5.69 Å². The smallest absolute Gasteiger partial charge is 0.0540 e. The second-order valence-electron chi connectivity index (χ2n) is 18.0. The Morgan fingerprint density at radius 3 is 1.78 bits per heavy atom. The molecule has 0 saturated heterocycles. The number of nitrogens with zero attached hydrogens (tertiary/aromatic N) is 1. The summed E-state index contributed by atoms with van der Waals surface area (Å²) in [4.78, 5) is 2.48. The molecule has 3 atom stereocenters. The van der Waals surface area contributed by atoms with Gasteiger partial charge in [0.2, 0.25) is 0 Å². The summed E-state index contributed by atoms with van der Waals surface area (Å²) in [6, 6.07) is 79.4. The zero-order chi connectivity index (χ0) is 41.5. The lowest BCUT2D eigenvalue weighted by molar-refractivity contribution is 0.327. The summed E-state index contributed by atoms with van der Waals surface area (Å²) in [5, 5.41) is 2.59. The molecule has 3 aliphatic rings. The molecule has 3 unspecified atom stereocenters. The SMILES string of the molecule is c1ccc(-c2ccccc2-c2ccccc2-c2ccccc2N(c2ccc(-c3ccc4c(c3)C3(CC5CCC3C5)c3ccccc3-4)cc2)c2ccc3sc4ccccc4c3c2)cc1. The van der Waals surface area contributed by atoms with Gasteiger partial charge < -0.3 is 4.90 Å². The highest BCUT2D eigenvalue weighted by atomic mass is 32.1. The second kappa shape index (κ2) is 14.5. The maximum absolute atomic E-state index is 2.57. The van der Waals surface area contributed by atoms with E-state index in [0.717, 1.165) is 28.9 Å². The molecule has 300 valence electrons. The van der Waals surface area contributed by atoms with Crippen molar-refractivity contribution in [3.63, 3.8) is 0 Å². The molecule has 0 N–H and O–H groups in total. The summed E-state index contributed by atoms with van der Waals surface area (Å²) >= 11 is 1.87. The van der Waals surface area contributed by atoms with Crippen LogP contribution in [0.25, 0.3) is 75.8 Å². The first kappa shape index (κ1) is 36.6. The maximum Gasteiger partial charge on any atom is 0.0540 e. The van der Waals surface area contributed by atoms with Crippen LogP contribution in [0.3, 0.4) is 0 Å². The van der Waals surface area contributed by atoms with E-state index in [1.165, 1.54) is 101 Å². The number of rotatable bonds is 7. The number of benzene rings is 9. The van der Waals surface area contributed by atoms with Crippen LogP contribution in [0.1, 0.15) is 36.8 Å². The van der Waals surface area contributed by atoms with Gasteiger partial charge in [-0.1, -0.05) is 170 Å². The van der Waals surface area contributed by atoms with Crippen LogP contribution in [0.4, 0.5) is 17.1 Å². The topological polar surface area (TPSA) is 3.24 Å². The normalized spacial score (nSPS) is 18.3. The maximum atomic E-state index is 2.57. The van der Waals surface area contributed by atoms with Crippen LogP contribution < -0.4 is 4.90 Å². The highest BCUT2D eigenvalue weighted by Gasteiger charge is 2.56. The van der Waals surface area contributed by atoms with E-state index < -0.39 is 0 Å². The first-order chi connectivity index (χ1) is 31.2. The van der Waals surface area contributed by atoms with E-state index in [1.807, 2.05) is 11.3 Å². The number of fused-ring (bicyclic) bond motifs is 11. The zero-order valence-corrected chi connectivity index (χ0v) is 35.9. The lowest BCUT2D eigenvalue weighted by Crippen LogP contribution is -2.31. The average Bonchev–Trinajstić information content (AvgIpc) is 4.14. The Morgan fingerprint density at radius 1 is 0.397 bits per heavy atom. The Hall–Kier alpha value is -7.00. The van der Waals surface area contributed by atoms with Gasteiger partial charge in [0.1, 0.15) is 0 Å².